The lowest BCUT2D eigenvalue weighted by Crippen LogP contribution is -2.32. The van der Waals surface area contributed by atoms with Crippen LogP contribution in [0.3, 0.4) is 0 Å². The van der Waals surface area contributed by atoms with E-state index in [0.717, 1.165) is 4.90 Å². The summed E-state index contributed by atoms with van der Waals surface area (Å²) in [5, 5.41) is 14.9. The molecule has 1 heterocycles. The monoisotopic (exact) mass is 300 g/mol. The van der Waals surface area contributed by atoms with E-state index in [1.54, 1.807) is 0 Å². The lowest BCUT2D eigenvalue weighted by Gasteiger charge is -2.18. The number of carbonyl (C=O) groups is 1. The Balaban J connectivity index is 2.48. The van der Waals surface area contributed by atoms with E-state index in [9.17, 15) is 23.3 Å². The summed E-state index contributed by atoms with van der Waals surface area (Å²) in [5.74, 6) is -0.565. The van der Waals surface area contributed by atoms with Gasteiger partial charge in [0.1, 0.15) is 10.9 Å². The molecule has 20 heavy (non-hydrogen) atoms. The average Bonchev–Trinajstić information content (AvgIpc) is 2.70. The second kappa shape index (κ2) is 4.72. The van der Waals surface area contributed by atoms with Crippen molar-refractivity contribution in [2.45, 2.75) is 11.7 Å². The van der Waals surface area contributed by atoms with Crippen LogP contribution in [0.1, 0.15) is 6.42 Å². The summed E-state index contributed by atoms with van der Waals surface area (Å²) in [6.07, 6.45) is -0.315. The number of nitro benzene ring substituents is 1. The van der Waals surface area contributed by atoms with Crippen molar-refractivity contribution in [3.05, 3.63) is 28.3 Å². The molecule has 1 aromatic rings. The van der Waals surface area contributed by atoms with Crippen LogP contribution in [0.5, 0.6) is 0 Å². The molecule has 1 aliphatic heterocycles. The van der Waals surface area contributed by atoms with Crippen LogP contribution >= 0.6 is 0 Å². The number of anilines is 2. The van der Waals surface area contributed by atoms with E-state index in [2.05, 4.69) is 0 Å². The molecule has 4 N–H and O–H groups in total. The van der Waals surface area contributed by atoms with Gasteiger partial charge in [-0.15, -0.1) is 0 Å². The number of hydrogen-bond donors (Lipinski definition) is 2. The lowest BCUT2D eigenvalue weighted by molar-refractivity contribution is -0.384. The van der Waals surface area contributed by atoms with Gasteiger partial charge in [-0.2, -0.15) is 0 Å². The van der Waals surface area contributed by atoms with E-state index in [-0.39, 0.29) is 30.0 Å². The first kappa shape index (κ1) is 14.2. The minimum Gasteiger partial charge on any atom is -0.397 e. The normalized spacial score (nSPS) is 19.4. The fourth-order valence-corrected chi connectivity index (χ4v) is 2.83. The molecular formula is C10H12N4O5S. The number of hydrogen-bond acceptors (Lipinski definition) is 6. The van der Waals surface area contributed by atoms with Gasteiger partial charge < -0.3 is 10.6 Å². The molecular weight excluding hydrogens is 288 g/mol. The molecule has 0 saturated carbocycles. The molecule has 1 saturated heterocycles. The Hall–Kier alpha value is -2.20. The third-order valence-corrected chi connectivity index (χ3v) is 4.31. The number of nitrogen functional groups attached to an aromatic ring is 1. The molecule has 0 spiro atoms. The minimum absolute atomic E-state index is 0.0302. The number of rotatable bonds is 3. The van der Waals surface area contributed by atoms with E-state index < -0.39 is 26.1 Å². The largest absolute Gasteiger partial charge is 0.397 e. The van der Waals surface area contributed by atoms with Crippen LogP contribution in [-0.2, 0) is 14.8 Å². The fraction of sp³-hybridized carbons (Fsp3) is 0.300. The maximum atomic E-state index is 11.9. The van der Waals surface area contributed by atoms with Gasteiger partial charge in [0.15, 0.2) is 0 Å². The van der Waals surface area contributed by atoms with Crippen molar-refractivity contribution >= 4 is 33.0 Å². The standard InChI is InChI=1S/C10H12N4O5S/c11-7-2-1-3-8(14(16)17)10(7)13-5-6(4-9(13)15)20(12,18)19/h1-3,6H,4-5,11H2,(H2,12,18,19). The Kier molecular flexibility index (Phi) is 3.36. The molecule has 1 amide bonds. The molecule has 1 atom stereocenters. The summed E-state index contributed by atoms with van der Waals surface area (Å²) in [6, 6.07) is 3.98. The number of amides is 1. The number of primary sulfonamides is 1. The molecule has 0 aliphatic carbocycles. The van der Waals surface area contributed by atoms with Gasteiger partial charge in [0.05, 0.1) is 10.6 Å². The highest BCUT2D eigenvalue weighted by atomic mass is 32.2. The van der Waals surface area contributed by atoms with E-state index in [0.29, 0.717) is 0 Å². The Labute approximate surface area is 114 Å². The van der Waals surface area contributed by atoms with Crippen LogP contribution in [0.15, 0.2) is 18.2 Å². The minimum atomic E-state index is -3.90. The van der Waals surface area contributed by atoms with E-state index >= 15 is 0 Å². The van der Waals surface area contributed by atoms with Crippen molar-refractivity contribution in [3.63, 3.8) is 0 Å². The van der Waals surface area contributed by atoms with Gasteiger partial charge in [0.2, 0.25) is 15.9 Å². The van der Waals surface area contributed by atoms with Crippen LogP contribution in [0.2, 0.25) is 0 Å². The molecule has 9 nitrogen and oxygen atoms in total. The van der Waals surface area contributed by atoms with Crippen molar-refractivity contribution in [2.24, 2.45) is 5.14 Å². The molecule has 0 bridgehead atoms. The molecule has 1 aliphatic rings. The van der Waals surface area contributed by atoms with Crippen LogP contribution < -0.4 is 15.8 Å². The van der Waals surface area contributed by atoms with Gasteiger partial charge >= 0.3 is 0 Å². The molecule has 108 valence electrons. The lowest BCUT2D eigenvalue weighted by atomic mass is 10.2. The number of nitrogens with two attached hydrogens (primary N) is 2. The number of para-hydroxylation sites is 1. The summed E-state index contributed by atoms with van der Waals surface area (Å²) in [5.41, 5.74) is 5.26. The van der Waals surface area contributed by atoms with Crippen molar-refractivity contribution in [2.75, 3.05) is 17.2 Å². The van der Waals surface area contributed by atoms with Gasteiger partial charge in [0.25, 0.3) is 5.69 Å². The Morgan fingerprint density at radius 3 is 2.55 bits per heavy atom. The molecule has 0 aromatic heterocycles. The second-order valence-corrected chi connectivity index (χ2v) is 6.24. The maximum Gasteiger partial charge on any atom is 0.295 e. The Bertz CT molecular complexity index is 687. The summed E-state index contributed by atoms with van der Waals surface area (Å²) in [6.45, 7) is -0.243. The summed E-state index contributed by atoms with van der Waals surface area (Å²) < 4.78 is 22.6. The molecule has 1 aromatic carbocycles. The van der Waals surface area contributed by atoms with Crippen LogP contribution in [-0.4, -0.2) is 31.0 Å². The van der Waals surface area contributed by atoms with Crippen molar-refractivity contribution in [1.29, 1.82) is 0 Å². The van der Waals surface area contributed by atoms with Gasteiger partial charge in [-0.3, -0.25) is 14.9 Å². The summed E-state index contributed by atoms with van der Waals surface area (Å²) >= 11 is 0. The highest BCUT2D eigenvalue weighted by molar-refractivity contribution is 7.89. The van der Waals surface area contributed by atoms with Crippen LogP contribution in [0.4, 0.5) is 17.1 Å². The Morgan fingerprint density at radius 2 is 2.05 bits per heavy atom. The molecule has 1 fully saturated rings. The van der Waals surface area contributed by atoms with Crippen LogP contribution in [0, 0.1) is 10.1 Å². The first-order chi connectivity index (χ1) is 9.21. The second-order valence-electron chi connectivity index (χ2n) is 4.39. The SMILES string of the molecule is Nc1cccc([N+](=O)[O-])c1N1CC(S(N)(=O)=O)CC1=O. The van der Waals surface area contributed by atoms with E-state index in [1.807, 2.05) is 0 Å². The quantitative estimate of drug-likeness (QED) is 0.439. The summed E-state index contributed by atoms with van der Waals surface area (Å²) in [7, 11) is -3.90. The molecule has 1 unspecified atom stereocenters. The van der Waals surface area contributed by atoms with Gasteiger partial charge in [-0.05, 0) is 6.07 Å². The highest BCUT2D eigenvalue weighted by Crippen LogP contribution is 2.37. The number of benzene rings is 1. The number of carbonyl (C=O) groups excluding carboxylic acids is 1. The topological polar surface area (TPSA) is 150 Å². The third kappa shape index (κ3) is 2.42. The highest BCUT2D eigenvalue weighted by Gasteiger charge is 2.40. The van der Waals surface area contributed by atoms with Gasteiger partial charge in [-0.25, -0.2) is 13.6 Å². The average molecular weight is 300 g/mol. The summed E-state index contributed by atoms with van der Waals surface area (Å²) in [4.78, 5) is 23.2. The molecule has 2 rings (SSSR count). The molecule has 0 radical (unpaired) electrons. The predicted molar refractivity (Wildman–Crippen MR) is 71.4 cm³/mol. The Morgan fingerprint density at radius 1 is 1.40 bits per heavy atom. The zero-order valence-corrected chi connectivity index (χ0v) is 11.0. The van der Waals surface area contributed by atoms with Crippen molar-refractivity contribution < 1.29 is 18.1 Å². The van der Waals surface area contributed by atoms with E-state index in [4.69, 9.17) is 10.9 Å². The molecule has 10 heteroatoms. The fourth-order valence-electron chi connectivity index (χ4n) is 2.10. The first-order valence-electron chi connectivity index (χ1n) is 5.56. The number of sulfonamides is 1. The van der Waals surface area contributed by atoms with Gasteiger partial charge in [-0.1, -0.05) is 6.07 Å². The van der Waals surface area contributed by atoms with E-state index in [1.165, 1.54) is 18.2 Å². The van der Waals surface area contributed by atoms with Gasteiger partial charge in [0, 0.05) is 19.0 Å². The number of nitro groups is 1. The van der Waals surface area contributed by atoms with Crippen LogP contribution in [0.25, 0.3) is 0 Å². The number of nitrogens with zero attached hydrogens (tertiary/aromatic N) is 2. The smallest absolute Gasteiger partial charge is 0.295 e. The van der Waals surface area contributed by atoms with Crippen molar-refractivity contribution in [3.8, 4) is 0 Å². The maximum absolute atomic E-state index is 11.9. The predicted octanol–water partition coefficient (Wildman–Crippen LogP) is -0.429. The zero-order chi connectivity index (χ0) is 15.1. The van der Waals surface area contributed by atoms with Crippen molar-refractivity contribution in [1.82, 2.24) is 0 Å². The zero-order valence-electron chi connectivity index (χ0n) is 10.2. The first-order valence-corrected chi connectivity index (χ1v) is 7.17. The third-order valence-electron chi connectivity index (χ3n) is 3.07.